The van der Waals surface area contributed by atoms with Crippen LogP contribution in [0.2, 0.25) is 0 Å². The van der Waals surface area contributed by atoms with Gasteiger partial charge in [0.25, 0.3) is 0 Å². The van der Waals surface area contributed by atoms with Gasteiger partial charge < -0.3 is 25.2 Å². The Morgan fingerprint density at radius 1 is 1.12 bits per heavy atom. The van der Waals surface area contributed by atoms with Crippen molar-refractivity contribution >= 4 is 0 Å². The van der Waals surface area contributed by atoms with E-state index in [-0.39, 0.29) is 28.7 Å². The quantitative estimate of drug-likeness (QED) is 0.586. The highest BCUT2D eigenvalue weighted by molar-refractivity contribution is 5.61. The second-order valence-corrected chi connectivity index (χ2v) is 9.04. The highest BCUT2D eigenvalue weighted by atomic mass is 16.6. The van der Waals surface area contributed by atoms with E-state index in [4.69, 9.17) is 4.74 Å². The minimum absolute atomic E-state index is 0.00455. The summed E-state index contributed by atoms with van der Waals surface area (Å²) in [6.45, 7) is 8.13. The van der Waals surface area contributed by atoms with Crippen LogP contribution in [0.5, 0.6) is 11.5 Å². The smallest absolute Gasteiger partial charge is 0.165 e. The number of aliphatic hydroxyl groups is 2. The van der Waals surface area contributed by atoms with Gasteiger partial charge in [0.1, 0.15) is 6.10 Å². The Hall–Kier alpha value is -1.30. The Morgan fingerprint density at radius 3 is 2.44 bits per heavy atom. The van der Waals surface area contributed by atoms with Crippen LogP contribution in [0.4, 0.5) is 0 Å². The van der Waals surface area contributed by atoms with E-state index in [0.29, 0.717) is 23.1 Å². The third-order valence-corrected chi connectivity index (χ3v) is 6.92. The molecule has 0 aromatic heterocycles. The number of phenolic OH excluding ortho intramolecular Hbond substituents is 2. The van der Waals surface area contributed by atoms with Crippen LogP contribution in [-0.2, 0) is 10.2 Å². The maximum absolute atomic E-state index is 11.0. The number of rotatable bonds is 1. The summed E-state index contributed by atoms with van der Waals surface area (Å²) in [6, 6.07) is 1.79. The molecule has 138 valence electrons. The van der Waals surface area contributed by atoms with Gasteiger partial charge in [-0.15, -0.1) is 0 Å². The van der Waals surface area contributed by atoms with E-state index < -0.39 is 23.9 Å². The van der Waals surface area contributed by atoms with Gasteiger partial charge in [0.2, 0.25) is 0 Å². The van der Waals surface area contributed by atoms with Crippen LogP contribution < -0.4 is 0 Å². The number of hydrogen-bond acceptors (Lipinski definition) is 5. The molecule has 1 aromatic carbocycles. The number of hydrogen-bond donors (Lipinski definition) is 4. The molecule has 4 rings (SSSR count). The summed E-state index contributed by atoms with van der Waals surface area (Å²) in [5, 5.41) is 43.4. The standard InChI is InChI=1S/C20H28O5/c1-9(2)10-8-11-12(15(23)13(10)21)20-7-5-6-19(3,4)17(20)16(14(11)22)25-18(20)24/h8-9,14,16-18,21-24H,5-7H2,1-4H3/t14-,16+,17-,18?,20-/m0/s1. The fourth-order valence-corrected chi connectivity index (χ4v) is 5.91. The first-order valence-electron chi connectivity index (χ1n) is 9.23. The Balaban J connectivity index is 2.05. The van der Waals surface area contributed by atoms with E-state index in [1.165, 1.54) is 0 Å². The van der Waals surface area contributed by atoms with E-state index in [2.05, 4.69) is 13.8 Å². The molecule has 5 nitrogen and oxygen atoms in total. The van der Waals surface area contributed by atoms with Crippen molar-refractivity contribution in [2.75, 3.05) is 0 Å². The molecular formula is C20H28O5. The van der Waals surface area contributed by atoms with Crippen LogP contribution in [0.15, 0.2) is 6.07 Å². The predicted octanol–water partition coefficient (Wildman–Crippen LogP) is 3.05. The fraction of sp³-hybridized carbons (Fsp3) is 0.700. The Morgan fingerprint density at radius 2 is 1.80 bits per heavy atom. The number of aliphatic hydroxyl groups excluding tert-OH is 2. The summed E-state index contributed by atoms with van der Waals surface area (Å²) in [7, 11) is 0. The van der Waals surface area contributed by atoms with Crippen molar-refractivity contribution in [3.8, 4) is 11.5 Å². The van der Waals surface area contributed by atoms with Gasteiger partial charge in [-0.05, 0) is 35.8 Å². The van der Waals surface area contributed by atoms with Crippen LogP contribution in [0, 0.1) is 11.3 Å². The molecule has 5 atom stereocenters. The Kier molecular flexibility index (Phi) is 3.51. The first kappa shape index (κ1) is 17.1. The molecule has 1 saturated heterocycles. The zero-order valence-corrected chi connectivity index (χ0v) is 15.3. The molecule has 0 amide bonds. The van der Waals surface area contributed by atoms with Crippen LogP contribution in [0.1, 0.15) is 75.7 Å². The molecule has 0 radical (unpaired) electrons. The molecule has 2 aliphatic carbocycles. The molecule has 4 N–H and O–H groups in total. The summed E-state index contributed by atoms with van der Waals surface area (Å²) in [6.07, 6.45) is 0.0389. The van der Waals surface area contributed by atoms with Crippen molar-refractivity contribution in [1.82, 2.24) is 0 Å². The van der Waals surface area contributed by atoms with Crippen molar-refractivity contribution in [3.05, 3.63) is 22.8 Å². The summed E-state index contributed by atoms with van der Waals surface area (Å²) in [5.41, 5.74) is 0.764. The van der Waals surface area contributed by atoms with Gasteiger partial charge in [-0.25, -0.2) is 0 Å². The molecule has 1 heterocycles. The van der Waals surface area contributed by atoms with Gasteiger partial charge in [0, 0.05) is 17.0 Å². The SMILES string of the molecule is CC(C)c1cc2c(c(O)c1O)[C@@]13CCCC(C)(C)[C@@H]1[C@H](OC3O)[C@H]2O. The number of fused-ring (bicyclic) bond motifs is 1. The maximum Gasteiger partial charge on any atom is 0.165 e. The highest BCUT2D eigenvalue weighted by Gasteiger charge is 2.68. The lowest BCUT2D eigenvalue weighted by Crippen LogP contribution is -2.54. The molecule has 1 aromatic rings. The molecule has 25 heavy (non-hydrogen) atoms. The molecule has 3 aliphatic rings. The second kappa shape index (κ2) is 5.12. The van der Waals surface area contributed by atoms with Crippen LogP contribution in [0.25, 0.3) is 0 Å². The molecule has 2 fully saturated rings. The third kappa shape index (κ3) is 1.95. The maximum atomic E-state index is 11.0. The average molecular weight is 348 g/mol. The Bertz CT molecular complexity index is 725. The molecule has 2 bridgehead atoms. The van der Waals surface area contributed by atoms with E-state index in [1.54, 1.807) is 6.07 Å². The monoisotopic (exact) mass is 348 g/mol. The summed E-state index contributed by atoms with van der Waals surface area (Å²) in [4.78, 5) is 0. The summed E-state index contributed by atoms with van der Waals surface area (Å²) < 4.78 is 5.86. The van der Waals surface area contributed by atoms with Crippen LogP contribution >= 0.6 is 0 Å². The zero-order valence-electron chi connectivity index (χ0n) is 15.3. The van der Waals surface area contributed by atoms with Crippen molar-refractivity contribution in [1.29, 1.82) is 0 Å². The van der Waals surface area contributed by atoms with Gasteiger partial charge >= 0.3 is 0 Å². The molecule has 1 unspecified atom stereocenters. The molecule has 5 heteroatoms. The minimum Gasteiger partial charge on any atom is -0.504 e. The van der Waals surface area contributed by atoms with Crippen molar-refractivity contribution < 1.29 is 25.2 Å². The van der Waals surface area contributed by atoms with Crippen molar-refractivity contribution in [2.45, 2.75) is 76.8 Å². The van der Waals surface area contributed by atoms with Gasteiger partial charge in [-0.1, -0.05) is 34.1 Å². The first-order valence-corrected chi connectivity index (χ1v) is 9.23. The lowest BCUT2D eigenvalue weighted by atomic mass is 9.49. The first-order chi connectivity index (χ1) is 11.6. The van der Waals surface area contributed by atoms with Gasteiger partial charge in [-0.3, -0.25) is 0 Å². The summed E-state index contributed by atoms with van der Waals surface area (Å²) in [5.74, 6) is -0.452. The fourth-order valence-electron chi connectivity index (χ4n) is 5.91. The van der Waals surface area contributed by atoms with Crippen LogP contribution in [0.3, 0.4) is 0 Å². The van der Waals surface area contributed by atoms with E-state index in [0.717, 1.165) is 12.8 Å². The van der Waals surface area contributed by atoms with Crippen LogP contribution in [-0.4, -0.2) is 32.8 Å². The van der Waals surface area contributed by atoms with Crippen molar-refractivity contribution in [3.63, 3.8) is 0 Å². The van der Waals surface area contributed by atoms with E-state index >= 15 is 0 Å². The molecule has 1 saturated carbocycles. The lowest BCUT2D eigenvalue weighted by molar-refractivity contribution is -0.135. The van der Waals surface area contributed by atoms with Gasteiger partial charge in [0.05, 0.1) is 11.5 Å². The largest absolute Gasteiger partial charge is 0.504 e. The number of aromatic hydroxyl groups is 2. The number of phenols is 2. The molecule has 1 aliphatic heterocycles. The Labute approximate surface area is 148 Å². The number of benzene rings is 1. The minimum atomic E-state index is -1.09. The predicted molar refractivity (Wildman–Crippen MR) is 92.5 cm³/mol. The summed E-state index contributed by atoms with van der Waals surface area (Å²) >= 11 is 0. The number of ether oxygens (including phenoxy) is 1. The topological polar surface area (TPSA) is 90.2 Å². The van der Waals surface area contributed by atoms with E-state index in [1.807, 2.05) is 13.8 Å². The van der Waals surface area contributed by atoms with Gasteiger partial charge in [0.15, 0.2) is 17.8 Å². The molecular weight excluding hydrogens is 320 g/mol. The highest BCUT2D eigenvalue weighted by Crippen LogP contribution is 2.67. The second-order valence-electron chi connectivity index (χ2n) is 9.04. The molecule has 0 spiro atoms. The zero-order chi connectivity index (χ0) is 18.3. The van der Waals surface area contributed by atoms with E-state index in [9.17, 15) is 20.4 Å². The van der Waals surface area contributed by atoms with Crippen molar-refractivity contribution in [2.24, 2.45) is 11.3 Å². The van der Waals surface area contributed by atoms with Gasteiger partial charge in [-0.2, -0.15) is 0 Å². The third-order valence-electron chi connectivity index (χ3n) is 6.92. The normalized spacial score (nSPS) is 38.5. The lowest BCUT2D eigenvalue weighted by Gasteiger charge is -2.53. The average Bonchev–Trinajstić information content (AvgIpc) is 2.79.